The Kier molecular flexibility index (Phi) is 3.38. The molecule has 1 aromatic rings. The Hall–Kier alpha value is -1.44. The fourth-order valence-electron chi connectivity index (χ4n) is 1.06. The van der Waals surface area contributed by atoms with E-state index in [1.165, 1.54) is 0 Å². The summed E-state index contributed by atoms with van der Waals surface area (Å²) < 4.78 is 0. The van der Waals surface area contributed by atoms with Gasteiger partial charge in [0.2, 0.25) is 0 Å². The molecular formula is C11H13NO. The van der Waals surface area contributed by atoms with Crippen molar-refractivity contribution in [3.63, 3.8) is 0 Å². The van der Waals surface area contributed by atoms with Gasteiger partial charge < -0.3 is 5.41 Å². The second kappa shape index (κ2) is 4.55. The van der Waals surface area contributed by atoms with Gasteiger partial charge in [0.25, 0.3) is 0 Å². The molecule has 2 nitrogen and oxygen atoms in total. The normalized spacial score (nSPS) is 9.62. The number of carbonyl (C=O) groups excluding carboxylic acids is 1. The SMILES string of the molecule is CCC(=O)CC(=N)c1ccccc1. The lowest BCUT2D eigenvalue weighted by Crippen LogP contribution is -2.06. The van der Waals surface area contributed by atoms with Gasteiger partial charge in [0, 0.05) is 18.6 Å². The third-order valence-electron chi connectivity index (χ3n) is 1.89. The molecule has 0 bridgehead atoms. The maximum atomic E-state index is 11.1. The predicted octanol–water partition coefficient (Wildman–Crippen LogP) is 2.42. The molecule has 1 N–H and O–H groups in total. The molecule has 0 amide bonds. The standard InChI is InChI=1S/C11H13NO/c1-2-10(13)8-11(12)9-6-4-3-5-7-9/h3-7,12H,2,8H2,1H3. The van der Waals surface area contributed by atoms with Crippen molar-refractivity contribution >= 4 is 11.5 Å². The zero-order valence-corrected chi connectivity index (χ0v) is 7.71. The molecule has 0 radical (unpaired) electrons. The number of nitrogens with one attached hydrogen (secondary N) is 1. The third kappa shape index (κ3) is 2.82. The van der Waals surface area contributed by atoms with E-state index in [4.69, 9.17) is 5.41 Å². The second-order valence-corrected chi connectivity index (χ2v) is 2.91. The quantitative estimate of drug-likeness (QED) is 0.701. The smallest absolute Gasteiger partial charge is 0.138 e. The summed E-state index contributed by atoms with van der Waals surface area (Å²) in [6.45, 7) is 1.82. The molecule has 1 aromatic carbocycles. The molecule has 0 aliphatic heterocycles. The van der Waals surface area contributed by atoms with Crippen LogP contribution >= 0.6 is 0 Å². The molecular weight excluding hydrogens is 162 g/mol. The molecule has 0 saturated heterocycles. The van der Waals surface area contributed by atoms with Crippen LogP contribution in [0.5, 0.6) is 0 Å². The van der Waals surface area contributed by atoms with Crippen LogP contribution in [0.1, 0.15) is 25.3 Å². The Morgan fingerprint density at radius 3 is 2.46 bits per heavy atom. The van der Waals surface area contributed by atoms with E-state index < -0.39 is 0 Å². The molecule has 0 aliphatic carbocycles. The van der Waals surface area contributed by atoms with Crippen molar-refractivity contribution in [3.05, 3.63) is 35.9 Å². The number of ketones is 1. The monoisotopic (exact) mass is 175 g/mol. The van der Waals surface area contributed by atoms with Crippen LogP contribution in [0.15, 0.2) is 30.3 Å². The summed E-state index contributed by atoms with van der Waals surface area (Å²) in [7, 11) is 0. The lowest BCUT2D eigenvalue weighted by molar-refractivity contribution is -0.117. The van der Waals surface area contributed by atoms with Crippen molar-refractivity contribution in [1.29, 1.82) is 5.41 Å². The van der Waals surface area contributed by atoms with Crippen LogP contribution < -0.4 is 0 Å². The average Bonchev–Trinajstić information content (AvgIpc) is 2.19. The van der Waals surface area contributed by atoms with Gasteiger partial charge in [0.05, 0.1) is 0 Å². The lowest BCUT2D eigenvalue weighted by atomic mass is 10.0. The van der Waals surface area contributed by atoms with Crippen molar-refractivity contribution in [1.82, 2.24) is 0 Å². The average molecular weight is 175 g/mol. The highest BCUT2D eigenvalue weighted by Crippen LogP contribution is 2.03. The summed E-state index contributed by atoms with van der Waals surface area (Å²) >= 11 is 0. The summed E-state index contributed by atoms with van der Waals surface area (Å²) in [5, 5.41) is 7.64. The van der Waals surface area contributed by atoms with Crippen molar-refractivity contribution in [2.45, 2.75) is 19.8 Å². The van der Waals surface area contributed by atoms with Crippen LogP contribution in [0.3, 0.4) is 0 Å². The van der Waals surface area contributed by atoms with E-state index in [1.807, 2.05) is 37.3 Å². The van der Waals surface area contributed by atoms with Gasteiger partial charge in [0.1, 0.15) is 5.78 Å². The van der Waals surface area contributed by atoms with E-state index in [2.05, 4.69) is 0 Å². The molecule has 0 unspecified atom stereocenters. The van der Waals surface area contributed by atoms with Crippen molar-refractivity contribution in [2.24, 2.45) is 0 Å². The largest absolute Gasteiger partial charge is 0.304 e. The Labute approximate surface area is 78.1 Å². The molecule has 2 heteroatoms. The number of carbonyl (C=O) groups is 1. The topological polar surface area (TPSA) is 40.9 Å². The molecule has 0 spiro atoms. The molecule has 0 aromatic heterocycles. The van der Waals surface area contributed by atoms with E-state index in [0.29, 0.717) is 12.1 Å². The first-order valence-corrected chi connectivity index (χ1v) is 4.38. The van der Waals surface area contributed by atoms with E-state index in [9.17, 15) is 4.79 Å². The number of Topliss-reactive ketones (excluding diaryl/α,β-unsaturated/α-hetero) is 1. The van der Waals surface area contributed by atoms with E-state index >= 15 is 0 Å². The number of hydrogen-bond donors (Lipinski definition) is 1. The zero-order chi connectivity index (χ0) is 9.68. The molecule has 0 aliphatic rings. The lowest BCUT2D eigenvalue weighted by Gasteiger charge is -2.01. The van der Waals surface area contributed by atoms with Crippen LogP contribution in [0, 0.1) is 5.41 Å². The number of rotatable bonds is 4. The molecule has 1 rings (SSSR count). The molecule has 0 heterocycles. The first kappa shape index (κ1) is 9.65. The van der Waals surface area contributed by atoms with Gasteiger partial charge >= 0.3 is 0 Å². The van der Waals surface area contributed by atoms with Crippen molar-refractivity contribution < 1.29 is 4.79 Å². The van der Waals surface area contributed by atoms with E-state index in [1.54, 1.807) is 0 Å². The maximum Gasteiger partial charge on any atom is 0.138 e. The number of hydrogen-bond acceptors (Lipinski definition) is 2. The predicted molar refractivity (Wildman–Crippen MR) is 53.2 cm³/mol. The molecule has 0 fully saturated rings. The highest BCUT2D eigenvalue weighted by atomic mass is 16.1. The first-order valence-electron chi connectivity index (χ1n) is 4.38. The summed E-state index contributed by atoms with van der Waals surface area (Å²) in [6, 6.07) is 9.36. The number of benzene rings is 1. The van der Waals surface area contributed by atoms with Gasteiger partial charge in [0.15, 0.2) is 0 Å². The van der Waals surface area contributed by atoms with Crippen LogP contribution in [-0.4, -0.2) is 11.5 Å². The molecule has 13 heavy (non-hydrogen) atoms. The summed E-state index contributed by atoms with van der Waals surface area (Å²) in [6.07, 6.45) is 0.760. The molecule has 68 valence electrons. The molecule has 0 atom stereocenters. The summed E-state index contributed by atoms with van der Waals surface area (Å²) in [5.74, 6) is 0.119. The van der Waals surface area contributed by atoms with Gasteiger partial charge in [-0.3, -0.25) is 4.79 Å². The Bertz CT molecular complexity index is 303. The Morgan fingerprint density at radius 2 is 1.92 bits per heavy atom. The Morgan fingerprint density at radius 1 is 1.31 bits per heavy atom. The minimum absolute atomic E-state index is 0.119. The Balaban J connectivity index is 2.65. The van der Waals surface area contributed by atoms with Crippen LogP contribution in [0.4, 0.5) is 0 Å². The fraction of sp³-hybridized carbons (Fsp3) is 0.273. The van der Waals surface area contributed by atoms with Crippen LogP contribution in [-0.2, 0) is 4.79 Å². The van der Waals surface area contributed by atoms with Crippen molar-refractivity contribution in [2.75, 3.05) is 0 Å². The summed E-state index contributed by atoms with van der Waals surface area (Å²) in [4.78, 5) is 11.1. The summed E-state index contributed by atoms with van der Waals surface area (Å²) in [5.41, 5.74) is 1.25. The first-order chi connectivity index (χ1) is 6.24. The highest BCUT2D eigenvalue weighted by Gasteiger charge is 2.05. The molecule has 0 saturated carbocycles. The highest BCUT2D eigenvalue weighted by molar-refractivity contribution is 6.09. The maximum absolute atomic E-state index is 11.1. The van der Waals surface area contributed by atoms with Gasteiger partial charge in [-0.25, -0.2) is 0 Å². The second-order valence-electron chi connectivity index (χ2n) is 2.91. The zero-order valence-electron chi connectivity index (χ0n) is 7.71. The fourth-order valence-corrected chi connectivity index (χ4v) is 1.06. The minimum atomic E-state index is 0.119. The third-order valence-corrected chi connectivity index (χ3v) is 1.89. The van der Waals surface area contributed by atoms with E-state index in [0.717, 1.165) is 5.56 Å². The van der Waals surface area contributed by atoms with Gasteiger partial charge in [-0.1, -0.05) is 37.3 Å². The van der Waals surface area contributed by atoms with Crippen LogP contribution in [0.2, 0.25) is 0 Å². The van der Waals surface area contributed by atoms with E-state index in [-0.39, 0.29) is 12.2 Å². The van der Waals surface area contributed by atoms with Crippen LogP contribution in [0.25, 0.3) is 0 Å². The van der Waals surface area contributed by atoms with Gasteiger partial charge in [-0.05, 0) is 5.56 Å². The van der Waals surface area contributed by atoms with Crippen molar-refractivity contribution in [3.8, 4) is 0 Å². The van der Waals surface area contributed by atoms with Gasteiger partial charge in [-0.2, -0.15) is 0 Å². The minimum Gasteiger partial charge on any atom is -0.304 e. The van der Waals surface area contributed by atoms with Gasteiger partial charge in [-0.15, -0.1) is 0 Å².